The summed E-state index contributed by atoms with van der Waals surface area (Å²) in [5, 5.41) is 12.2. The first-order valence-corrected chi connectivity index (χ1v) is 8.62. The Morgan fingerprint density at radius 1 is 1.23 bits per heavy atom. The molecule has 1 aromatic heterocycles. The molecule has 2 aromatic rings. The summed E-state index contributed by atoms with van der Waals surface area (Å²) in [6, 6.07) is 3.62. The van der Waals surface area contributed by atoms with Crippen molar-refractivity contribution in [3.05, 3.63) is 34.3 Å². The first kappa shape index (κ1) is 17.1. The molecule has 140 valence electrons. The lowest BCUT2D eigenvalue weighted by Gasteiger charge is -2.53. The van der Waals surface area contributed by atoms with Gasteiger partial charge < -0.3 is 15.1 Å². The van der Waals surface area contributed by atoms with Gasteiger partial charge in [-0.25, -0.2) is 9.89 Å². The Bertz CT molecular complexity index is 852. The molecule has 1 aliphatic heterocycles. The maximum atomic E-state index is 13.4. The quantitative estimate of drug-likeness (QED) is 0.776. The molecule has 3 N–H and O–H groups in total. The molecule has 2 heterocycles. The summed E-state index contributed by atoms with van der Waals surface area (Å²) in [4.78, 5) is 11.1. The number of nitrogens with zero attached hydrogens (tertiary/aromatic N) is 1. The summed E-state index contributed by atoms with van der Waals surface area (Å²) in [7, 11) is 0. The third-order valence-corrected chi connectivity index (χ3v) is 5.61. The van der Waals surface area contributed by atoms with Gasteiger partial charge in [-0.1, -0.05) is 0 Å². The van der Waals surface area contributed by atoms with Crippen molar-refractivity contribution in [2.75, 3.05) is 18.4 Å². The van der Waals surface area contributed by atoms with Gasteiger partial charge in [-0.3, -0.25) is 0 Å². The van der Waals surface area contributed by atoms with Gasteiger partial charge in [0.25, 0.3) is 0 Å². The van der Waals surface area contributed by atoms with Crippen molar-refractivity contribution >= 4 is 5.69 Å². The molecule has 0 amide bonds. The molecule has 1 spiro atoms. The molecule has 4 rings (SSSR count). The van der Waals surface area contributed by atoms with Crippen LogP contribution in [0.5, 0.6) is 0 Å². The van der Waals surface area contributed by atoms with Crippen LogP contribution in [0.1, 0.15) is 31.2 Å². The molecule has 0 unspecified atom stereocenters. The van der Waals surface area contributed by atoms with E-state index in [4.69, 9.17) is 4.42 Å². The molecule has 1 aliphatic carbocycles. The summed E-state index contributed by atoms with van der Waals surface area (Å²) in [6.45, 7) is 1.78. The summed E-state index contributed by atoms with van der Waals surface area (Å²) >= 11 is 0. The van der Waals surface area contributed by atoms with Crippen molar-refractivity contribution < 1.29 is 17.6 Å². The number of halogens is 3. The number of aromatic nitrogens is 2. The Labute approximate surface area is 147 Å². The second kappa shape index (κ2) is 6.15. The van der Waals surface area contributed by atoms with Crippen molar-refractivity contribution in [3.8, 4) is 11.5 Å². The zero-order valence-electron chi connectivity index (χ0n) is 13.9. The standard InChI is InChI=1S/C17H19F3N4O2/c18-17(19,20)11-2-1-10(14-23-24-15(25)26-14)9-12(11)22-13-3-4-16(13)5-7-21-8-6-16/h1-2,9,13,21-22H,3-8H2,(H,24,25)/t13-/m1/s1. The van der Waals surface area contributed by atoms with E-state index in [9.17, 15) is 18.0 Å². The van der Waals surface area contributed by atoms with Gasteiger partial charge in [0, 0.05) is 17.3 Å². The second-order valence-corrected chi connectivity index (χ2v) is 7.02. The topological polar surface area (TPSA) is 83.0 Å². The predicted molar refractivity (Wildman–Crippen MR) is 88.7 cm³/mol. The van der Waals surface area contributed by atoms with Gasteiger partial charge >= 0.3 is 11.9 Å². The Balaban J connectivity index is 1.67. The van der Waals surface area contributed by atoms with E-state index in [2.05, 4.69) is 20.8 Å². The minimum Gasteiger partial charge on any atom is -0.388 e. The SMILES string of the molecule is O=c1[nH]nc(-c2ccc(C(F)(F)F)c(N[C@@H]3CCC34CCNCC4)c2)o1. The van der Waals surface area contributed by atoms with Crippen molar-refractivity contribution in [2.45, 2.75) is 37.9 Å². The smallest absolute Gasteiger partial charge is 0.388 e. The minimum atomic E-state index is -4.47. The number of aromatic amines is 1. The molecular weight excluding hydrogens is 349 g/mol. The predicted octanol–water partition coefficient (Wildman–Crippen LogP) is 2.99. The monoisotopic (exact) mass is 368 g/mol. The highest BCUT2D eigenvalue weighted by molar-refractivity contribution is 5.65. The van der Waals surface area contributed by atoms with Crippen LogP contribution < -0.4 is 16.4 Å². The van der Waals surface area contributed by atoms with Crippen LogP contribution in [0.2, 0.25) is 0 Å². The van der Waals surface area contributed by atoms with Crippen LogP contribution in [0.25, 0.3) is 11.5 Å². The zero-order valence-corrected chi connectivity index (χ0v) is 13.9. The maximum absolute atomic E-state index is 13.4. The lowest BCUT2D eigenvalue weighted by molar-refractivity contribution is -0.137. The second-order valence-electron chi connectivity index (χ2n) is 7.02. The van der Waals surface area contributed by atoms with E-state index in [0.29, 0.717) is 5.56 Å². The van der Waals surface area contributed by atoms with Crippen LogP contribution in [0.3, 0.4) is 0 Å². The van der Waals surface area contributed by atoms with Crippen molar-refractivity contribution in [1.29, 1.82) is 0 Å². The van der Waals surface area contributed by atoms with Gasteiger partial charge in [-0.05, 0) is 62.4 Å². The van der Waals surface area contributed by atoms with Gasteiger partial charge in [-0.2, -0.15) is 13.2 Å². The van der Waals surface area contributed by atoms with Gasteiger partial charge in [0.2, 0.25) is 5.89 Å². The normalized spacial score (nSPS) is 22.2. The van der Waals surface area contributed by atoms with E-state index < -0.39 is 17.5 Å². The zero-order chi connectivity index (χ0) is 18.4. The third kappa shape index (κ3) is 3.00. The lowest BCUT2D eigenvalue weighted by atomic mass is 9.59. The number of anilines is 1. The van der Waals surface area contributed by atoms with E-state index in [1.54, 1.807) is 0 Å². The number of nitrogens with one attached hydrogen (secondary N) is 3. The van der Waals surface area contributed by atoms with Crippen molar-refractivity contribution in [3.63, 3.8) is 0 Å². The first-order chi connectivity index (χ1) is 12.4. The molecule has 0 radical (unpaired) electrons. The van der Waals surface area contributed by atoms with Crippen LogP contribution in [0, 0.1) is 5.41 Å². The fourth-order valence-corrected chi connectivity index (χ4v) is 4.03. The molecule has 6 nitrogen and oxygen atoms in total. The van der Waals surface area contributed by atoms with Crippen LogP contribution in [-0.4, -0.2) is 29.3 Å². The highest BCUT2D eigenvalue weighted by Gasteiger charge is 2.47. The van der Waals surface area contributed by atoms with E-state index in [1.807, 2.05) is 0 Å². The summed E-state index contributed by atoms with van der Waals surface area (Å²) in [5.41, 5.74) is -0.348. The summed E-state index contributed by atoms with van der Waals surface area (Å²) in [5.74, 6) is -0.779. The van der Waals surface area contributed by atoms with Crippen LogP contribution >= 0.6 is 0 Å². The number of alkyl halides is 3. The van der Waals surface area contributed by atoms with Crippen LogP contribution in [-0.2, 0) is 6.18 Å². The Hall–Kier alpha value is -2.29. The number of hydrogen-bond acceptors (Lipinski definition) is 5. The third-order valence-electron chi connectivity index (χ3n) is 5.61. The Kier molecular flexibility index (Phi) is 4.06. The lowest BCUT2D eigenvalue weighted by Crippen LogP contribution is -2.54. The number of benzene rings is 1. The largest absolute Gasteiger partial charge is 0.434 e. The average Bonchev–Trinajstić information content (AvgIpc) is 3.05. The Morgan fingerprint density at radius 3 is 2.58 bits per heavy atom. The fourth-order valence-electron chi connectivity index (χ4n) is 4.03. The molecule has 1 aromatic carbocycles. The number of piperidine rings is 1. The summed E-state index contributed by atoms with van der Waals surface area (Å²) in [6.07, 6.45) is -0.682. The molecule has 9 heteroatoms. The molecule has 1 saturated heterocycles. The van der Waals surface area contributed by atoms with Crippen molar-refractivity contribution in [2.24, 2.45) is 5.41 Å². The highest BCUT2D eigenvalue weighted by Crippen LogP contribution is 2.50. The van der Waals surface area contributed by atoms with E-state index >= 15 is 0 Å². The number of H-pyrrole nitrogens is 1. The molecule has 1 atom stereocenters. The fraction of sp³-hybridized carbons (Fsp3) is 0.529. The molecular formula is C17H19F3N4O2. The van der Waals surface area contributed by atoms with Gasteiger partial charge in [0.15, 0.2) is 0 Å². The van der Waals surface area contributed by atoms with Gasteiger partial charge in [-0.15, -0.1) is 5.10 Å². The molecule has 26 heavy (non-hydrogen) atoms. The summed E-state index contributed by atoms with van der Waals surface area (Å²) < 4.78 is 45.2. The molecule has 2 aliphatic rings. The first-order valence-electron chi connectivity index (χ1n) is 8.62. The number of hydrogen-bond donors (Lipinski definition) is 3. The molecule has 2 fully saturated rings. The van der Waals surface area contributed by atoms with Crippen LogP contribution in [0.15, 0.2) is 27.4 Å². The molecule has 1 saturated carbocycles. The van der Waals surface area contributed by atoms with E-state index in [0.717, 1.165) is 44.8 Å². The molecule has 0 bridgehead atoms. The van der Waals surface area contributed by atoms with Gasteiger partial charge in [0.05, 0.1) is 5.56 Å². The number of rotatable bonds is 3. The van der Waals surface area contributed by atoms with E-state index in [-0.39, 0.29) is 23.0 Å². The maximum Gasteiger partial charge on any atom is 0.434 e. The Morgan fingerprint density at radius 2 is 2.00 bits per heavy atom. The van der Waals surface area contributed by atoms with Crippen LogP contribution in [0.4, 0.5) is 18.9 Å². The highest BCUT2D eigenvalue weighted by atomic mass is 19.4. The van der Waals surface area contributed by atoms with Crippen molar-refractivity contribution in [1.82, 2.24) is 15.5 Å². The average molecular weight is 368 g/mol. The van der Waals surface area contributed by atoms with Gasteiger partial charge in [0.1, 0.15) is 0 Å². The minimum absolute atomic E-state index is 0.00302. The van der Waals surface area contributed by atoms with E-state index in [1.165, 1.54) is 12.1 Å².